The molecule has 0 unspecified atom stereocenters. The molecule has 0 atom stereocenters. The lowest BCUT2D eigenvalue weighted by atomic mass is 10.2. The molecule has 3 aromatic carbocycles. The molecule has 3 aromatic rings. The lowest BCUT2D eigenvalue weighted by Gasteiger charge is -2.09. The molecule has 0 spiro atoms. The van der Waals surface area contributed by atoms with Gasteiger partial charge < -0.3 is 4.74 Å². The zero-order chi connectivity index (χ0) is 21.0. The first-order valence-corrected chi connectivity index (χ1v) is 9.14. The van der Waals surface area contributed by atoms with Crippen LogP contribution in [0.5, 0.6) is 11.5 Å². The molecule has 0 N–H and O–H groups in total. The molecule has 0 bridgehead atoms. The number of halogens is 1. The maximum absolute atomic E-state index is 11.2. The fourth-order valence-electron chi connectivity index (χ4n) is 2.50. The van der Waals surface area contributed by atoms with Crippen molar-refractivity contribution >= 4 is 39.2 Å². The van der Waals surface area contributed by atoms with E-state index in [9.17, 15) is 20.2 Å². The van der Waals surface area contributed by atoms with E-state index in [1.54, 1.807) is 24.4 Å². The summed E-state index contributed by atoms with van der Waals surface area (Å²) < 4.78 is 6.17. The van der Waals surface area contributed by atoms with Gasteiger partial charge >= 0.3 is 5.69 Å². The van der Waals surface area contributed by atoms with Gasteiger partial charge in [-0.15, -0.1) is 0 Å². The van der Waals surface area contributed by atoms with Crippen molar-refractivity contribution in [3.8, 4) is 11.5 Å². The summed E-state index contributed by atoms with van der Waals surface area (Å²) in [5, 5.41) is 22.1. The summed E-state index contributed by atoms with van der Waals surface area (Å²) in [6, 6.07) is 16.1. The van der Waals surface area contributed by atoms with Crippen LogP contribution in [-0.2, 0) is 0 Å². The van der Waals surface area contributed by atoms with E-state index in [0.717, 1.165) is 28.9 Å². The average Bonchev–Trinajstić information content (AvgIpc) is 2.69. The smallest absolute Gasteiger partial charge is 0.318 e. The summed E-state index contributed by atoms with van der Waals surface area (Å²) in [5.41, 5.74) is 1.83. The van der Waals surface area contributed by atoms with Gasteiger partial charge in [0.2, 0.25) is 5.75 Å². The maximum Gasteiger partial charge on any atom is 0.318 e. The molecule has 0 amide bonds. The maximum atomic E-state index is 11.2. The van der Waals surface area contributed by atoms with Crippen molar-refractivity contribution < 1.29 is 14.6 Å². The van der Waals surface area contributed by atoms with Crippen molar-refractivity contribution in [3.05, 3.63) is 96.5 Å². The predicted octanol–water partition coefficient (Wildman–Crippen LogP) is 6.12. The number of nitro benzene ring substituents is 2. The zero-order valence-corrected chi connectivity index (χ0v) is 16.7. The number of ether oxygens (including phenoxy) is 1. The molecule has 0 aliphatic heterocycles. The monoisotopic (exact) mass is 455 g/mol. The van der Waals surface area contributed by atoms with E-state index in [2.05, 4.69) is 20.9 Å². The normalized spacial score (nSPS) is 10.8. The molecule has 0 aliphatic carbocycles. The Morgan fingerprint density at radius 2 is 1.69 bits per heavy atom. The van der Waals surface area contributed by atoms with Gasteiger partial charge in [0.15, 0.2) is 0 Å². The Labute approximate surface area is 173 Å². The number of nitro groups is 2. The molecule has 0 heterocycles. The van der Waals surface area contributed by atoms with Crippen LogP contribution in [0.3, 0.4) is 0 Å². The molecular weight excluding hydrogens is 442 g/mol. The lowest BCUT2D eigenvalue weighted by molar-refractivity contribution is -0.394. The molecular formula is C20H14BrN3O5. The molecule has 0 saturated heterocycles. The van der Waals surface area contributed by atoms with Crippen molar-refractivity contribution in [3.63, 3.8) is 0 Å². The SMILES string of the molecule is Cc1ccccc1N=Cc1ccc(Oc2ccc([N+](=O)[O-])cc2[N+](=O)[O-])c(Br)c1. The minimum Gasteiger partial charge on any atom is -0.449 e. The first kappa shape index (κ1) is 20.2. The van der Waals surface area contributed by atoms with Crippen LogP contribution in [0, 0.1) is 27.2 Å². The third-order valence-corrected chi connectivity index (χ3v) is 4.61. The van der Waals surface area contributed by atoms with E-state index in [1.165, 1.54) is 6.07 Å². The van der Waals surface area contributed by atoms with Gasteiger partial charge in [-0.3, -0.25) is 25.2 Å². The molecule has 29 heavy (non-hydrogen) atoms. The highest BCUT2D eigenvalue weighted by atomic mass is 79.9. The Bertz CT molecular complexity index is 1130. The second kappa shape index (κ2) is 8.61. The third-order valence-electron chi connectivity index (χ3n) is 3.99. The van der Waals surface area contributed by atoms with E-state index in [-0.39, 0.29) is 11.4 Å². The van der Waals surface area contributed by atoms with Crippen LogP contribution in [0.1, 0.15) is 11.1 Å². The molecule has 3 rings (SSSR count). The van der Waals surface area contributed by atoms with Gasteiger partial charge in [-0.25, -0.2) is 0 Å². The van der Waals surface area contributed by atoms with Crippen molar-refractivity contribution in [2.24, 2.45) is 4.99 Å². The fourth-order valence-corrected chi connectivity index (χ4v) is 2.98. The Balaban J connectivity index is 1.85. The highest BCUT2D eigenvalue weighted by Crippen LogP contribution is 2.37. The Morgan fingerprint density at radius 1 is 0.966 bits per heavy atom. The summed E-state index contributed by atoms with van der Waals surface area (Å²) >= 11 is 3.38. The molecule has 146 valence electrons. The molecule has 0 saturated carbocycles. The number of nitrogens with zero attached hydrogens (tertiary/aromatic N) is 3. The van der Waals surface area contributed by atoms with Gasteiger partial charge in [-0.2, -0.15) is 0 Å². The summed E-state index contributed by atoms with van der Waals surface area (Å²) in [5.74, 6) is 0.234. The predicted molar refractivity (Wildman–Crippen MR) is 112 cm³/mol. The Hall–Kier alpha value is -3.59. The van der Waals surface area contributed by atoms with Crippen molar-refractivity contribution in [2.45, 2.75) is 6.92 Å². The van der Waals surface area contributed by atoms with Gasteiger partial charge in [-0.05, 0) is 64.3 Å². The number of aryl methyl sites for hydroxylation is 1. The molecule has 0 fully saturated rings. The summed E-state index contributed by atoms with van der Waals surface area (Å²) in [4.78, 5) is 25.1. The van der Waals surface area contributed by atoms with Gasteiger partial charge in [0.25, 0.3) is 5.69 Å². The summed E-state index contributed by atoms with van der Waals surface area (Å²) in [6.07, 6.45) is 1.70. The molecule has 0 aliphatic rings. The van der Waals surface area contributed by atoms with E-state index in [0.29, 0.717) is 10.2 Å². The number of rotatable bonds is 6. The van der Waals surface area contributed by atoms with Crippen LogP contribution in [-0.4, -0.2) is 16.1 Å². The van der Waals surface area contributed by atoms with Gasteiger partial charge in [0, 0.05) is 12.3 Å². The highest BCUT2D eigenvalue weighted by molar-refractivity contribution is 9.10. The number of benzene rings is 3. The van der Waals surface area contributed by atoms with Crippen LogP contribution >= 0.6 is 15.9 Å². The largest absolute Gasteiger partial charge is 0.449 e. The lowest BCUT2D eigenvalue weighted by Crippen LogP contribution is -1.96. The standard InChI is InChI=1S/C20H14BrN3O5/c1-13-4-2-3-5-17(13)22-12-14-6-8-19(16(21)10-14)29-20-9-7-15(23(25)26)11-18(20)24(27)28/h2-12H,1H3. The van der Waals surface area contributed by atoms with Crippen molar-refractivity contribution in [1.82, 2.24) is 0 Å². The van der Waals surface area contributed by atoms with Crippen LogP contribution in [0.2, 0.25) is 0 Å². The van der Waals surface area contributed by atoms with Crippen molar-refractivity contribution in [1.29, 1.82) is 0 Å². The second-order valence-electron chi connectivity index (χ2n) is 6.00. The quantitative estimate of drug-likeness (QED) is 0.252. The number of aliphatic imine (C=N–C) groups is 1. The first-order chi connectivity index (χ1) is 13.8. The third kappa shape index (κ3) is 4.82. The van der Waals surface area contributed by atoms with Crippen molar-refractivity contribution in [2.75, 3.05) is 0 Å². The number of non-ortho nitro benzene ring substituents is 1. The number of hydrogen-bond donors (Lipinski definition) is 0. The van der Waals surface area contributed by atoms with Crippen LogP contribution < -0.4 is 4.74 Å². The summed E-state index contributed by atoms with van der Waals surface area (Å²) in [6.45, 7) is 1.97. The average molecular weight is 456 g/mol. The van der Waals surface area contributed by atoms with Crippen LogP contribution in [0.4, 0.5) is 17.1 Å². The van der Waals surface area contributed by atoms with Gasteiger partial charge in [-0.1, -0.05) is 18.2 Å². The highest BCUT2D eigenvalue weighted by Gasteiger charge is 2.21. The zero-order valence-electron chi connectivity index (χ0n) is 15.1. The Morgan fingerprint density at radius 3 is 2.34 bits per heavy atom. The minimum absolute atomic E-state index is 0.0948. The molecule has 0 aromatic heterocycles. The second-order valence-corrected chi connectivity index (χ2v) is 6.86. The fraction of sp³-hybridized carbons (Fsp3) is 0.0500. The first-order valence-electron chi connectivity index (χ1n) is 8.35. The number of para-hydroxylation sites is 1. The summed E-state index contributed by atoms with van der Waals surface area (Å²) in [7, 11) is 0. The van der Waals surface area contributed by atoms with E-state index in [4.69, 9.17) is 4.74 Å². The van der Waals surface area contributed by atoms with Gasteiger partial charge in [0.1, 0.15) is 5.75 Å². The van der Waals surface area contributed by atoms with Crippen LogP contribution in [0.25, 0.3) is 0 Å². The molecule has 9 heteroatoms. The minimum atomic E-state index is -0.723. The molecule has 8 nitrogen and oxygen atoms in total. The molecule has 0 radical (unpaired) electrons. The van der Waals surface area contributed by atoms with E-state index in [1.807, 2.05) is 31.2 Å². The van der Waals surface area contributed by atoms with Crippen LogP contribution in [0.15, 0.2) is 70.1 Å². The topological polar surface area (TPSA) is 108 Å². The number of hydrogen-bond acceptors (Lipinski definition) is 6. The van der Waals surface area contributed by atoms with Gasteiger partial charge in [0.05, 0.1) is 26.1 Å². The Kier molecular flexibility index (Phi) is 5.99. The van der Waals surface area contributed by atoms with E-state index < -0.39 is 15.5 Å². The van der Waals surface area contributed by atoms with E-state index >= 15 is 0 Å².